The fourth-order valence-electron chi connectivity index (χ4n) is 3.03. The Bertz CT molecular complexity index is 1340. The van der Waals surface area contributed by atoms with Gasteiger partial charge in [-0.05, 0) is 23.8 Å². The molecule has 0 bridgehead atoms. The third-order valence-corrected chi connectivity index (χ3v) is 4.35. The molecule has 28 heavy (non-hydrogen) atoms. The summed E-state index contributed by atoms with van der Waals surface area (Å²) >= 11 is 0. The van der Waals surface area contributed by atoms with E-state index in [-0.39, 0.29) is 5.69 Å². The van der Waals surface area contributed by atoms with Crippen LogP contribution in [0.4, 0.5) is 10.1 Å². The molecule has 1 amide bonds. The number of rotatable bonds is 3. The van der Waals surface area contributed by atoms with Crippen molar-refractivity contribution in [1.82, 2.24) is 29.5 Å². The van der Waals surface area contributed by atoms with Crippen LogP contribution in [0, 0.1) is 5.82 Å². The number of nitrogens with one attached hydrogen (secondary N) is 2. The van der Waals surface area contributed by atoms with Crippen LogP contribution in [0.1, 0.15) is 10.4 Å². The summed E-state index contributed by atoms with van der Waals surface area (Å²) in [5.41, 5.74) is 3.79. The molecule has 0 aliphatic carbocycles. The quantitative estimate of drug-likeness (QED) is 0.506. The van der Waals surface area contributed by atoms with Crippen LogP contribution in [-0.2, 0) is 0 Å². The molecule has 2 N–H and O–H groups in total. The maximum Gasteiger partial charge on any atom is 0.257 e. The van der Waals surface area contributed by atoms with E-state index in [0.717, 1.165) is 22.7 Å². The molecule has 0 radical (unpaired) electrons. The van der Waals surface area contributed by atoms with E-state index < -0.39 is 11.7 Å². The summed E-state index contributed by atoms with van der Waals surface area (Å²) in [4.78, 5) is 27.9. The molecule has 0 saturated heterocycles. The summed E-state index contributed by atoms with van der Waals surface area (Å²) < 4.78 is 14.9. The third kappa shape index (κ3) is 2.75. The predicted octanol–water partition coefficient (Wildman–Crippen LogP) is 3.06. The van der Waals surface area contributed by atoms with Crippen LogP contribution in [0.25, 0.3) is 27.8 Å². The molecule has 0 atom stereocenters. The smallest absolute Gasteiger partial charge is 0.257 e. The van der Waals surface area contributed by atoms with Crippen LogP contribution in [-0.4, -0.2) is 35.5 Å². The number of hydrogen-bond acceptors (Lipinski definition) is 5. The molecule has 5 rings (SSSR count). The Morgan fingerprint density at radius 1 is 1.14 bits per heavy atom. The highest BCUT2D eigenvalue weighted by Crippen LogP contribution is 2.29. The average molecular weight is 373 g/mol. The first kappa shape index (κ1) is 16.1. The van der Waals surface area contributed by atoms with Crippen molar-refractivity contribution < 1.29 is 9.18 Å². The highest BCUT2D eigenvalue weighted by atomic mass is 19.1. The van der Waals surface area contributed by atoms with Crippen molar-refractivity contribution in [2.24, 2.45) is 0 Å². The van der Waals surface area contributed by atoms with E-state index in [0.29, 0.717) is 16.9 Å². The number of aromatic amines is 1. The van der Waals surface area contributed by atoms with Crippen molar-refractivity contribution in [2.75, 3.05) is 5.32 Å². The van der Waals surface area contributed by atoms with E-state index in [1.165, 1.54) is 24.8 Å². The predicted molar refractivity (Wildman–Crippen MR) is 100 cm³/mol. The van der Waals surface area contributed by atoms with Crippen LogP contribution in [0.3, 0.4) is 0 Å². The highest BCUT2D eigenvalue weighted by molar-refractivity contribution is 6.07. The number of fused-ring (bicyclic) bond motifs is 2. The number of nitrogens with zero attached hydrogens (tertiary/aromatic N) is 5. The molecule has 0 fully saturated rings. The van der Waals surface area contributed by atoms with Gasteiger partial charge in [0.1, 0.15) is 17.8 Å². The SMILES string of the molecule is O=C(Nc1cncc(F)c1)c1cnc2[nH]cc(-c3ccn4ncnc4c3)c2c1. The molecular formula is C19H12FN7O. The van der Waals surface area contributed by atoms with Gasteiger partial charge in [-0.25, -0.2) is 18.9 Å². The van der Waals surface area contributed by atoms with E-state index in [4.69, 9.17) is 0 Å². The fraction of sp³-hybridized carbons (Fsp3) is 0. The minimum Gasteiger partial charge on any atom is -0.346 e. The van der Waals surface area contributed by atoms with Gasteiger partial charge >= 0.3 is 0 Å². The van der Waals surface area contributed by atoms with Gasteiger partial charge in [-0.2, -0.15) is 5.10 Å². The second-order valence-corrected chi connectivity index (χ2v) is 6.15. The lowest BCUT2D eigenvalue weighted by Crippen LogP contribution is -2.12. The number of carbonyl (C=O) groups excluding carboxylic acids is 1. The van der Waals surface area contributed by atoms with Crippen molar-refractivity contribution >= 4 is 28.3 Å². The summed E-state index contributed by atoms with van der Waals surface area (Å²) in [6, 6.07) is 6.76. The molecule has 0 aromatic carbocycles. The monoisotopic (exact) mass is 373 g/mol. The second-order valence-electron chi connectivity index (χ2n) is 6.15. The third-order valence-electron chi connectivity index (χ3n) is 4.35. The summed E-state index contributed by atoms with van der Waals surface area (Å²) in [7, 11) is 0. The van der Waals surface area contributed by atoms with E-state index in [1.54, 1.807) is 10.6 Å². The van der Waals surface area contributed by atoms with Crippen LogP contribution < -0.4 is 5.32 Å². The number of pyridine rings is 3. The van der Waals surface area contributed by atoms with Crippen molar-refractivity contribution in [3.63, 3.8) is 0 Å². The zero-order chi connectivity index (χ0) is 19.1. The Labute approximate surface area is 157 Å². The second kappa shape index (κ2) is 6.23. The lowest BCUT2D eigenvalue weighted by Gasteiger charge is -2.05. The molecule has 9 heteroatoms. The number of H-pyrrole nitrogens is 1. The van der Waals surface area contributed by atoms with Crippen LogP contribution >= 0.6 is 0 Å². The van der Waals surface area contributed by atoms with Crippen molar-refractivity contribution in [1.29, 1.82) is 0 Å². The number of carbonyl (C=O) groups is 1. The number of hydrogen-bond donors (Lipinski definition) is 2. The number of anilines is 1. The first-order valence-corrected chi connectivity index (χ1v) is 8.36. The largest absolute Gasteiger partial charge is 0.346 e. The minimum atomic E-state index is -0.525. The first-order valence-electron chi connectivity index (χ1n) is 8.36. The zero-order valence-corrected chi connectivity index (χ0v) is 14.3. The molecule has 5 heterocycles. The lowest BCUT2D eigenvalue weighted by atomic mass is 10.1. The van der Waals surface area contributed by atoms with Gasteiger partial charge in [-0.15, -0.1) is 0 Å². The summed E-state index contributed by atoms with van der Waals surface area (Å²) in [6.07, 6.45) is 9.05. The van der Waals surface area contributed by atoms with E-state index in [2.05, 4.69) is 30.4 Å². The lowest BCUT2D eigenvalue weighted by molar-refractivity contribution is 0.102. The van der Waals surface area contributed by atoms with Crippen molar-refractivity contribution in [3.05, 3.63) is 73.0 Å². The molecule has 8 nitrogen and oxygen atoms in total. The summed E-state index contributed by atoms with van der Waals surface area (Å²) in [5, 5.41) is 7.50. The summed E-state index contributed by atoms with van der Waals surface area (Å²) in [5.74, 6) is -0.926. The molecule has 5 aromatic heterocycles. The molecular weight excluding hydrogens is 361 g/mol. The topological polar surface area (TPSA) is 101 Å². The normalized spacial score (nSPS) is 11.2. The van der Waals surface area contributed by atoms with E-state index in [1.807, 2.05) is 24.5 Å². The highest BCUT2D eigenvalue weighted by Gasteiger charge is 2.13. The fourth-order valence-corrected chi connectivity index (χ4v) is 3.03. The van der Waals surface area contributed by atoms with Gasteiger partial charge in [-0.1, -0.05) is 0 Å². The molecule has 136 valence electrons. The van der Waals surface area contributed by atoms with Gasteiger partial charge in [0.2, 0.25) is 0 Å². The number of amides is 1. The Hall–Kier alpha value is -4.14. The van der Waals surface area contributed by atoms with E-state index >= 15 is 0 Å². The first-order chi connectivity index (χ1) is 13.7. The van der Waals surface area contributed by atoms with E-state index in [9.17, 15) is 9.18 Å². The van der Waals surface area contributed by atoms with Gasteiger partial charge in [0.15, 0.2) is 5.65 Å². The van der Waals surface area contributed by atoms with Crippen LogP contribution in [0.15, 0.2) is 61.6 Å². The van der Waals surface area contributed by atoms with Gasteiger partial charge in [-0.3, -0.25) is 9.78 Å². The summed E-state index contributed by atoms with van der Waals surface area (Å²) in [6.45, 7) is 0. The Morgan fingerprint density at radius 2 is 2.07 bits per heavy atom. The average Bonchev–Trinajstić information content (AvgIpc) is 3.33. The maximum atomic E-state index is 13.3. The molecule has 0 saturated carbocycles. The van der Waals surface area contributed by atoms with Gasteiger partial charge in [0.25, 0.3) is 5.91 Å². The molecule has 0 unspecified atom stereocenters. The Morgan fingerprint density at radius 3 is 2.96 bits per heavy atom. The molecule has 5 aromatic rings. The van der Waals surface area contributed by atoms with Crippen molar-refractivity contribution in [3.8, 4) is 11.1 Å². The molecule has 0 aliphatic heterocycles. The maximum absolute atomic E-state index is 13.3. The zero-order valence-electron chi connectivity index (χ0n) is 14.3. The van der Waals surface area contributed by atoms with Gasteiger partial charge in [0.05, 0.1) is 23.6 Å². The van der Waals surface area contributed by atoms with Gasteiger partial charge < -0.3 is 10.3 Å². The number of halogens is 1. The van der Waals surface area contributed by atoms with Crippen molar-refractivity contribution in [2.45, 2.75) is 0 Å². The number of aromatic nitrogens is 6. The van der Waals surface area contributed by atoms with Gasteiger partial charge in [0, 0.05) is 35.6 Å². The molecule has 0 spiro atoms. The van der Waals surface area contributed by atoms with Crippen LogP contribution in [0.2, 0.25) is 0 Å². The molecule has 0 aliphatic rings. The Kier molecular flexibility index (Phi) is 3.58. The van der Waals surface area contributed by atoms with Crippen LogP contribution in [0.5, 0.6) is 0 Å². The standard InChI is InChI=1S/C19H12FN7O/c20-13-5-14(8-21-7-13)26-19(28)12-3-15-16(9-23-18(15)22-6-12)11-1-2-27-17(4-11)24-10-25-27/h1-10H,(H,22,23)(H,26,28). The Balaban J connectivity index is 1.53. The minimum absolute atomic E-state index is 0.275.